The molecule has 0 unspecified atom stereocenters. The summed E-state index contributed by atoms with van der Waals surface area (Å²) in [6, 6.07) is 5.65. The molecule has 2 aromatic rings. The molecule has 0 radical (unpaired) electrons. The number of amides is 1. The van der Waals surface area contributed by atoms with Crippen molar-refractivity contribution >= 4 is 27.5 Å². The summed E-state index contributed by atoms with van der Waals surface area (Å²) in [5, 5.41) is 2.37. The molecule has 1 aromatic heterocycles. The highest BCUT2D eigenvalue weighted by molar-refractivity contribution is 9.10. The van der Waals surface area contributed by atoms with Crippen LogP contribution >= 0.6 is 15.9 Å². The molecule has 19 heavy (non-hydrogen) atoms. The summed E-state index contributed by atoms with van der Waals surface area (Å²) in [7, 11) is 0. The first-order chi connectivity index (χ1) is 9.06. The molecule has 0 spiro atoms. The Labute approximate surface area is 116 Å². The second-order valence-corrected chi connectivity index (χ2v) is 4.73. The quantitative estimate of drug-likeness (QED) is 0.940. The van der Waals surface area contributed by atoms with Gasteiger partial charge in [0.15, 0.2) is 5.82 Å². The van der Waals surface area contributed by atoms with Crippen molar-refractivity contribution in [1.82, 2.24) is 4.98 Å². The van der Waals surface area contributed by atoms with Crippen LogP contribution in [0, 0.1) is 11.6 Å². The normalized spacial score (nSPS) is 10.3. The van der Waals surface area contributed by atoms with Crippen molar-refractivity contribution in [3.8, 4) is 0 Å². The first kappa shape index (κ1) is 13.6. The second-order valence-electron chi connectivity index (χ2n) is 3.82. The summed E-state index contributed by atoms with van der Waals surface area (Å²) in [4.78, 5) is 15.3. The van der Waals surface area contributed by atoms with E-state index < -0.39 is 17.5 Å². The zero-order valence-electron chi connectivity index (χ0n) is 9.66. The lowest BCUT2D eigenvalue weighted by atomic mass is 10.1. The van der Waals surface area contributed by atoms with Gasteiger partial charge in [0.2, 0.25) is 5.91 Å². The number of pyridine rings is 1. The van der Waals surface area contributed by atoms with Crippen LogP contribution in [0.3, 0.4) is 0 Å². The SMILES string of the molecule is O=C(Cc1cc(Br)ccc1F)Nc1ccncc1F. The Hall–Kier alpha value is -1.82. The number of carbonyl (C=O) groups excluding carboxylic acids is 1. The van der Waals surface area contributed by atoms with Gasteiger partial charge in [-0.1, -0.05) is 15.9 Å². The minimum Gasteiger partial charge on any atom is -0.323 e. The summed E-state index contributed by atoms with van der Waals surface area (Å²) < 4.78 is 27.4. The van der Waals surface area contributed by atoms with Crippen LogP contribution in [0.1, 0.15) is 5.56 Å². The lowest BCUT2D eigenvalue weighted by Gasteiger charge is -2.07. The third-order valence-corrected chi connectivity index (χ3v) is 2.90. The predicted molar refractivity (Wildman–Crippen MR) is 70.6 cm³/mol. The van der Waals surface area contributed by atoms with Gasteiger partial charge in [-0.15, -0.1) is 0 Å². The molecule has 0 saturated heterocycles. The monoisotopic (exact) mass is 326 g/mol. The molecule has 0 fully saturated rings. The molecule has 0 saturated carbocycles. The first-order valence-corrected chi connectivity index (χ1v) is 6.19. The number of nitrogens with one attached hydrogen (secondary N) is 1. The van der Waals surface area contributed by atoms with Gasteiger partial charge in [0.25, 0.3) is 0 Å². The van der Waals surface area contributed by atoms with Crippen LogP contribution in [0.15, 0.2) is 41.1 Å². The molecule has 1 aromatic carbocycles. The minimum atomic E-state index is -0.634. The van der Waals surface area contributed by atoms with Gasteiger partial charge in [-0.05, 0) is 29.8 Å². The van der Waals surface area contributed by atoms with Crippen LogP contribution in [0.5, 0.6) is 0 Å². The fraction of sp³-hybridized carbons (Fsp3) is 0.0769. The summed E-state index contributed by atoms with van der Waals surface area (Å²) in [6.07, 6.45) is 2.18. The third kappa shape index (κ3) is 3.57. The largest absolute Gasteiger partial charge is 0.323 e. The van der Waals surface area contributed by atoms with E-state index >= 15 is 0 Å². The maximum absolute atomic E-state index is 13.5. The van der Waals surface area contributed by atoms with Gasteiger partial charge in [0.1, 0.15) is 5.82 Å². The topological polar surface area (TPSA) is 42.0 Å². The van der Waals surface area contributed by atoms with Crippen molar-refractivity contribution in [2.45, 2.75) is 6.42 Å². The van der Waals surface area contributed by atoms with Gasteiger partial charge in [-0.25, -0.2) is 8.78 Å². The van der Waals surface area contributed by atoms with Gasteiger partial charge < -0.3 is 5.32 Å². The van der Waals surface area contributed by atoms with Crippen molar-refractivity contribution in [3.63, 3.8) is 0 Å². The fourth-order valence-electron chi connectivity index (χ4n) is 1.52. The van der Waals surface area contributed by atoms with E-state index in [1.165, 1.54) is 24.4 Å². The molecule has 1 amide bonds. The lowest BCUT2D eigenvalue weighted by Crippen LogP contribution is -2.16. The highest BCUT2D eigenvalue weighted by Gasteiger charge is 2.11. The number of halogens is 3. The Morgan fingerprint density at radius 2 is 2.05 bits per heavy atom. The Balaban J connectivity index is 2.10. The van der Waals surface area contributed by atoms with Gasteiger partial charge in [0.05, 0.1) is 18.3 Å². The molecular formula is C13H9BrF2N2O. The van der Waals surface area contributed by atoms with Crippen LogP contribution in [0.2, 0.25) is 0 Å². The summed E-state index contributed by atoms with van der Waals surface area (Å²) >= 11 is 3.20. The summed E-state index contributed by atoms with van der Waals surface area (Å²) in [6.45, 7) is 0. The number of benzene rings is 1. The standard InChI is InChI=1S/C13H9BrF2N2O/c14-9-1-2-10(15)8(5-9)6-13(19)18-12-3-4-17-7-11(12)16/h1-5,7H,6H2,(H,17,18,19). The van der Waals surface area contributed by atoms with Crippen molar-refractivity contribution in [3.05, 3.63) is 58.3 Å². The molecular weight excluding hydrogens is 318 g/mol. The van der Waals surface area contributed by atoms with Crippen LogP contribution in [0.25, 0.3) is 0 Å². The van der Waals surface area contributed by atoms with Crippen LogP contribution in [0.4, 0.5) is 14.5 Å². The molecule has 98 valence electrons. The lowest BCUT2D eigenvalue weighted by molar-refractivity contribution is -0.115. The van der Waals surface area contributed by atoms with Crippen LogP contribution < -0.4 is 5.32 Å². The maximum atomic E-state index is 13.5. The van der Waals surface area contributed by atoms with Crippen molar-refractivity contribution in [2.24, 2.45) is 0 Å². The number of nitrogens with zero attached hydrogens (tertiary/aromatic N) is 1. The van der Waals surface area contributed by atoms with E-state index in [1.54, 1.807) is 6.07 Å². The van der Waals surface area contributed by atoms with E-state index in [1.807, 2.05) is 0 Å². The predicted octanol–water partition coefficient (Wildman–Crippen LogP) is 3.30. The number of hydrogen-bond donors (Lipinski definition) is 1. The molecule has 0 aliphatic carbocycles. The molecule has 6 heteroatoms. The molecule has 1 N–H and O–H groups in total. The van der Waals surface area contributed by atoms with E-state index in [-0.39, 0.29) is 17.7 Å². The second kappa shape index (κ2) is 5.88. The van der Waals surface area contributed by atoms with Crippen molar-refractivity contribution in [2.75, 3.05) is 5.32 Å². The highest BCUT2D eigenvalue weighted by Crippen LogP contribution is 2.17. The first-order valence-electron chi connectivity index (χ1n) is 5.39. The van der Waals surface area contributed by atoms with E-state index in [0.29, 0.717) is 4.47 Å². The molecule has 0 aliphatic heterocycles. The Kier molecular flexibility index (Phi) is 4.21. The van der Waals surface area contributed by atoms with Crippen LogP contribution in [-0.4, -0.2) is 10.9 Å². The van der Waals surface area contributed by atoms with Gasteiger partial charge in [-0.3, -0.25) is 9.78 Å². The van der Waals surface area contributed by atoms with Crippen LogP contribution in [-0.2, 0) is 11.2 Å². The smallest absolute Gasteiger partial charge is 0.228 e. The Morgan fingerprint density at radius 3 is 2.79 bits per heavy atom. The molecule has 2 rings (SSSR count). The van der Waals surface area contributed by atoms with E-state index in [9.17, 15) is 13.6 Å². The molecule has 0 atom stereocenters. The van der Waals surface area contributed by atoms with Crippen molar-refractivity contribution in [1.29, 1.82) is 0 Å². The number of rotatable bonds is 3. The zero-order chi connectivity index (χ0) is 13.8. The van der Waals surface area contributed by atoms with Gasteiger partial charge >= 0.3 is 0 Å². The van der Waals surface area contributed by atoms with E-state index in [0.717, 1.165) is 6.20 Å². The average Bonchev–Trinajstić information content (AvgIpc) is 2.37. The van der Waals surface area contributed by atoms with Gasteiger partial charge in [0, 0.05) is 10.7 Å². The molecule has 0 aliphatic rings. The number of aromatic nitrogens is 1. The van der Waals surface area contributed by atoms with E-state index in [4.69, 9.17) is 0 Å². The fourth-order valence-corrected chi connectivity index (χ4v) is 1.93. The Morgan fingerprint density at radius 1 is 1.26 bits per heavy atom. The maximum Gasteiger partial charge on any atom is 0.228 e. The van der Waals surface area contributed by atoms with E-state index in [2.05, 4.69) is 26.2 Å². The zero-order valence-corrected chi connectivity index (χ0v) is 11.2. The Bertz CT molecular complexity index is 619. The number of anilines is 1. The minimum absolute atomic E-state index is 0.0235. The average molecular weight is 327 g/mol. The molecule has 0 bridgehead atoms. The molecule has 3 nitrogen and oxygen atoms in total. The molecule has 1 heterocycles. The highest BCUT2D eigenvalue weighted by atomic mass is 79.9. The number of hydrogen-bond acceptors (Lipinski definition) is 2. The number of carbonyl (C=O) groups is 1. The third-order valence-electron chi connectivity index (χ3n) is 2.41. The summed E-state index contributed by atoms with van der Waals surface area (Å²) in [5.41, 5.74) is 0.261. The summed E-state index contributed by atoms with van der Waals surface area (Å²) in [5.74, 6) is -1.61. The van der Waals surface area contributed by atoms with Gasteiger partial charge in [-0.2, -0.15) is 0 Å². The van der Waals surface area contributed by atoms with Crippen molar-refractivity contribution < 1.29 is 13.6 Å².